The van der Waals surface area contributed by atoms with Gasteiger partial charge in [-0.15, -0.1) is 0 Å². The molecule has 234 valence electrons. The summed E-state index contributed by atoms with van der Waals surface area (Å²) < 4.78 is 6.36. The van der Waals surface area contributed by atoms with Crippen LogP contribution in [0.2, 0.25) is 0 Å². The van der Waals surface area contributed by atoms with Gasteiger partial charge >= 0.3 is 0 Å². The minimum Gasteiger partial charge on any atom is -0.456 e. The maximum atomic E-state index is 6.36. The summed E-state index contributed by atoms with van der Waals surface area (Å²) in [6.45, 7) is 0. The molecule has 0 fully saturated rings. The van der Waals surface area contributed by atoms with E-state index in [1.807, 2.05) is 18.5 Å². The highest BCUT2D eigenvalue weighted by atomic mass is 16.3. The Balaban J connectivity index is 1.14. The number of rotatable bonds is 5. The van der Waals surface area contributed by atoms with Crippen molar-refractivity contribution in [1.29, 1.82) is 0 Å². The molecule has 0 spiro atoms. The molecule has 10 rings (SSSR count). The van der Waals surface area contributed by atoms with Crippen molar-refractivity contribution in [2.45, 2.75) is 0 Å². The normalized spacial score (nSPS) is 11.6. The number of benzene rings is 8. The lowest BCUT2D eigenvalue weighted by molar-refractivity contribution is 0.669. The van der Waals surface area contributed by atoms with Crippen molar-refractivity contribution in [3.63, 3.8) is 0 Å². The smallest absolute Gasteiger partial charge is 0.136 e. The van der Waals surface area contributed by atoms with Gasteiger partial charge in [0.25, 0.3) is 0 Å². The van der Waals surface area contributed by atoms with Crippen LogP contribution in [0.3, 0.4) is 0 Å². The van der Waals surface area contributed by atoms with Gasteiger partial charge in [0, 0.05) is 45.6 Å². The fraction of sp³-hybridized carbons (Fsp3) is 0. The molecule has 0 aliphatic heterocycles. The second-order valence-electron chi connectivity index (χ2n) is 12.8. The number of furan rings is 1. The van der Waals surface area contributed by atoms with Gasteiger partial charge in [-0.05, 0) is 116 Å². The van der Waals surface area contributed by atoms with E-state index in [1.165, 1.54) is 43.8 Å². The third-order valence-electron chi connectivity index (χ3n) is 9.93. The van der Waals surface area contributed by atoms with E-state index in [1.54, 1.807) is 0 Å². The summed E-state index contributed by atoms with van der Waals surface area (Å²) in [6.07, 6.45) is 3.77. The fourth-order valence-corrected chi connectivity index (χ4v) is 7.54. The van der Waals surface area contributed by atoms with Gasteiger partial charge in [-0.25, -0.2) is 0 Å². The van der Waals surface area contributed by atoms with Gasteiger partial charge in [0.15, 0.2) is 0 Å². The topological polar surface area (TPSA) is 29.3 Å². The summed E-state index contributed by atoms with van der Waals surface area (Å²) in [5, 5.41) is 9.48. The van der Waals surface area contributed by atoms with Crippen LogP contribution < -0.4 is 4.90 Å². The van der Waals surface area contributed by atoms with E-state index in [-0.39, 0.29) is 0 Å². The number of hydrogen-bond acceptors (Lipinski definition) is 3. The molecule has 0 saturated heterocycles. The van der Waals surface area contributed by atoms with Crippen LogP contribution in [0.15, 0.2) is 187 Å². The summed E-state index contributed by atoms with van der Waals surface area (Å²) in [6, 6.07) is 60.8. The molecule has 2 heterocycles. The van der Waals surface area contributed by atoms with Gasteiger partial charge < -0.3 is 9.32 Å². The number of nitrogens with zero attached hydrogens (tertiary/aromatic N) is 2. The predicted molar refractivity (Wildman–Crippen MR) is 210 cm³/mol. The molecule has 2 aromatic heterocycles. The lowest BCUT2D eigenvalue weighted by Crippen LogP contribution is -2.09. The summed E-state index contributed by atoms with van der Waals surface area (Å²) in [5.74, 6) is 0. The molecule has 0 saturated carbocycles. The Morgan fingerprint density at radius 2 is 1.04 bits per heavy atom. The maximum Gasteiger partial charge on any atom is 0.136 e. The minimum absolute atomic E-state index is 0.867. The number of pyridine rings is 1. The average Bonchev–Trinajstić information content (AvgIpc) is 3.57. The van der Waals surface area contributed by atoms with Gasteiger partial charge in [-0.3, -0.25) is 4.98 Å². The van der Waals surface area contributed by atoms with E-state index in [9.17, 15) is 0 Å². The minimum atomic E-state index is 0.867. The van der Waals surface area contributed by atoms with Crippen molar-refractivity contribution in [2.75, 3.05) is 4.90 Å². The fourth-order valence-electron chi connectivity index (χ4n) is 7.54. The van der Waals surface area contributed by atoms with Crippen LogP contribution >= 0.6 is 0 Å². The van der Waals surface area contributed by atoms with E-state index in [0.717, 1.165) is 49.8 Å². The molecule has 50 heavy (non-hydrogen) atoms. The van der Waals surface area contributed by atoms with Crippen molar-refractivity contribution < 1.29 is 4.42 Å². The Hall–Kier alpha value is -6.71. The zero-order valence-electron chi connectivity index (χ0n) is 27.1. The van der Waals surface area contributed by atoms with Crippen LogP contribution in [0, 0.1) is 0 Å². The van der Waals surface area contributed by atoms with E-state index in [2.05, 4.69) is 174 Å². The van der Waals surface area contributed by atoms with Gasteiger partial charge in [0.2, 0.25) is 0 Å². The Morgan fingerprint density at radius 1 is 0.400 bits per heavy atom. The van der Waals surface area contributed by atoms with E-state index in [4.69, 9.17) is 4.42 Å². The van der Waals surface area contributed by atoms with Gasteiger partial charge in [-0.1, -0.05) is 103 Å². The van der Waals surface area contributed by atoms with Crippen molar-refractivity contribution >= 4 is 71.3 Å². The molecular weight excluding hydrogens is 609 g/mol. The van der Waals surface area contributed by atoms with E-state index < -0.39 is 0 Å². The van der Waals surface area contributed by atoms with Crippen LogP contribution in [-0.2, 0) is 0 Å². The lowest BCUT2D eigenvalue weighted by Gasteiger charge is -2.26. The maximum absolute atomic E-state index is 6.36. The molecule has 0 aliphatic carbocycles. The first kappa shape index (κ1) is 28.3. The van der Waals surface area contributed by atoms with Crippen LogP contribution in [0.1, 0.15) is 0 Å². The molecule has 0 unspecified atom stereocenters. The molecule has 0 radical (unpaired) electrons. The molecule has 3 heteroatoms. The quantitative estimate of drug-likeness (QED) is 0.176. The van der Waals surface area contributed by atoms with Crippen molar-refractivity contribution in [1.82, 2.24) is 4.98 Å². The first-order valence-corrected chi connectivity index (χ1v) is 16.9. The number of anilines is 3. The van der Waals surface area contributed by atoms with E-state index in [0.29, 0.717) is 0 Å². The van der Waals surface area contributed by atoms with Gasteiger partial charge in [-0.2, -0.15) is 0 Å². The van der Waals surface area contributed by atoms with Crippen LogP contribution in [0.4, 0.5) is 17.1 Å². The Kier molecular flexibility index (Phi) is 6.49. The Bertz CT molecular complexity index is 2850. The lowest BCUT2D eigenvalue weighted by atomic mass is 9.93. The summed E-state index contributed by atoms with van der Waals surface area (Å²) in [4.78, 5) is 6.70. The monoisotopic (exact) mass is 638 g/mol. The molecule has 0 atom stereocenters. The standard InChI is InChI=1S/C47H30N2O/c1-2-8-31(9-3-1)32-14-19-36(20-15-32)49(38-23-25-45-44(29-38)47-40-26-27-48-30-35(40)18-24-46(47)50-45)37-21-16-33(17-22-37)43-28-34-10-4-5-11-39(34)41-12-6-7-13-42(41)43/h1-30H. The van der Waals surface area contributed by atoms with Gasteiger partial charge in [0.05, 0.1) is 0 Å². The molecular formula is C47H30N2O. The van der Waals surface area contributed by atoms with Crippen molar-refractivity contribution in [3.05, 3.63) is 182 Å². The number of aromatic nitrogens is 1. The number of fused-ring (bicyclic) bond motifs is 8. The number of hydrogen-bond donors (Lipinski definition) is 0. The third-order valence-corrected chi connectivity index (χ3v) is 9.93. The highest BCUT2D eigenvalue weighted by Gasteiger charge is 2.18. The first-order valence-electron chi connectivity index (χ1n) is 16.9. The summed E-state index contributed by atoms with van der Waals surface area (Å²) in [7, 11) is 0. The average molecular weight is 639 g/mol. The zero-order valence-corrected chi connectivity index (χ0v) is 27.1. The van der Waals surface area contributed by atoms with Crippen molar-refractivity contribution in [3.8, 4) is 22.3 Å². The highest BCUT2D eigenvalue weighted by Crippen LogP contribution is 2.42. The summed E-state index contributed by atoms with van der Waals surface area (Å²) in [5.41, 5.74) is 9.76. The molecule has 3 nitrogen and oxygen atoms in total. The van der Waals surface area contributed by atoms with Crippen LogP contribution in [0.25, 0.3) is 76.5 Å². The van der Waals surface area contributed by atoms with Gasteiger partial charge in [0.1, 0.15) is 11.2 Å². The molecule has 0 aliphatic rings. The van der Waals surface area contributed by atoms with Crippen molar-refractivity contribution in [2.24, 2.45) is 0 Å². The zero-order chi connectivity index (χ0) is 33.0. The molecule has 10 aromatic rings. The summed E-state index contributed by atoms with van der Waals surface area (Å²) >= 11 is 0. The molecule has 0 amide bonds. The Morgan fingerprint density at radius 3 is 1.84 bits per heavy atom. The van der Waals surface area contributed by atoms with Crippen LogP contribution in [0.5, 0.6) is 0 Å². The van der Waals surface area contributed by atoms with Crippen LogP contribution in [-0.4, -0.2) is 4.98 Å². The van der Waals surface area contributed by atoms with E-state index >= 15 is 0 Å². The highest BCUT2D eigenvalue weighted by molar-refractivity contribution is 6.19. The molecule has 0 N–H and O–H groups in total. The molecule has 8 aromatic carbocycles. The Labute approximate surface area is 289 Å². The molecule has 0 bridgehead atoms. The second-order valence-corrected chi connectivity index (χ2v) is 12.8. The SMILES string of the molecule is c1ccc(-c2ccc(N(c3ccc(-c4cc5ccccc5c5ccccc45)cc3)c3ccc4oc5ccc6cnccc6c5c4c3)cc2)cc1. The largest absolute Gasteiger partial charge is 0.456 e. The third kappa shape index (κ3) is 4.63. The predicted octanol–water partition coefficient (Wildman–Crippen LogP) is 13.2. The first-order chi connectivity index (χ1) is 24.8. The second kappa shape index (κ2) is 11.5.